The van der Waals surface area contributed by atoms with Crippen LogP contribution in [0.5, 0.6) is 0 Å². The second kappa shape index (κ2) is 4.54. The summed E-state index contributed by atoms with van der Waals surface area (Å²) in [6.07, 6.45) is 0. The first-order chi connectivity index (χ1) is 9.04. The van der Waals surface area contributed by atoms with E-state index in [1.165, 1.54) is 6.07 Å². The van der Waals surface area contributed by atoms with Crippen molar-refractivity contribution in [2.24, 2.45) is 0 Å². The van der Waals surface area contributed by atoms with Crippen LogP contribution in [0.25, 0.3) is 21.6 Å². The predicted molar refractivity (Wildman–Crippen MR) is 79.7 cm³/mol. The SMILES string of the molecule is Cc1cc2c(N)nc(-c3ccc(F)c(Br)c3)nc2s1. The van der Waals surface area contributed by atoms with Crippen LogP contribution in [0, 0.1) is 12.7 Å². The molecule has 0 aliphatic heterocycles. The van der Waals surface area contributed by atoms with Crippen molar-refractivity contribution in [3.05, 3.63) is 39.4 Å². The van der Waals surface area contributed by atoms with Crippen molar-refractivity contribution >= 4 is 43.3 Å². The molecule has 0 unspecified atom stereocenters. The molecule has 0 fully saturated rings. The maximum absolute atomic E-state index is 13.2. The summed E-state index contributed by atoms with van der Waals surface area (Å²) in [7, 11) is 0. The molecule has 6 heteroatoms. The molecule has 3 nitrogen and oxygen atoms in total. The zero-order valence-corrected chi connectivity index (χ0v) is 12.3. The van der Waals surface area contributed by atoms with Crippen molar-refractivity contribution in [2.45, 2.75) is 6.92 Å². The van der Waals surface area contributed by atoms with Crippen LogP contribution in [0.3, 0.4) is 0 Å². The Hall–Kier alpha value is -1.53. The summed E-state index contributed by atoms with van der Waals surface area (Å²) in [5, 5.41) is 0.868. The Morgan fingerprint density at radius 3 is 2.79 bits per heavy atom. The average Bonchev–Trinajstić information content (AvgIpc) is 2.74. The molecule has 0 atom stereocenters. The van der Waals surface area contributed by atoms with Crippen molar-refractivity contribution in [1.29, 1.82) is 0 Å². The molecule has 0 radical (unpaired) electrons. The Morgan fingerprint density at radius 2 is 2.05 bits per heavy atom. The van der Waals surface area contributed by atoms with Crippen molar-refractivity contribution in [3.63, 3.8) is 0 Å². The molecule has 0 amide bonds. The van der Waals surface area contributed by atoms with Gasteiger partial charge in [0.15, 0.2) is 5.82 Å². The van der Waals surface area contributed by atoms with E-state index in [0.717, 1.165) is 20.7 Å². The van der Waals surface area contributed by atoms with Crippen molar-refractivity contribution in [2.75, 3.05) is 5.73 Å². The summed E-state index contributed by atoms with van der Waals surface area (Å²) >= 11 is 4.72. The van der Waals surface area contributed by atoms with Crippen LogP contribution >= 0.6 is 27.3 Å². The first-order valence-electron chi connectivity index (χ1n) is 5.53. The maximum Gasteiger partial charge on any atom is 0.163 e. The van der Waals surface area contributed by atoms with E-state index in [1.54, 1.807) is 23.5 Å². The van der Waals surface area contributed by atoms with Gasteiger partial charge in [-0.2, -0.15) is 0 Å². The Bertz CT molecular complexity index is 785. The van der Waals surface area contributed by atoms with Crippen LogP contribution in [0.1, 0.15) is 4.88 Å². The minimum Gasteiger partial charge on any atom is -0.383 e. The molecule has 0 aliphatic rings. The maximum atomic E-state index is 13.2. The van der Waals surface area contributed by atoms with Gasteiger partial charge >= 0.3 is 0 Å². The molecule has 1 aromatic carbocycles. The highest BCUT2D eigenvalue weighted by molar-refractivity contribution is 9.10. The first kappa shape index (κ1) is 12.5. The van der Waals surface area contributed by atoms with E-state index >= 15 is 0 Å². The molecule has 3 aromatic rings. The number of halogens is 2. The number of nitrogens with two attached hydrogens (primary N) is 1. The van der Waals surface area contributed by atoms with Gasteiger partial charge in [0.05, 0.1) is 9.86 Å². The molecule has 0 saturated carbocycles. The monoisotopic (exact) mass is 337 g/mol. The van der Waals surface area contributed by atoms with Crippen molar-refractivity contribution in [1.82, 2.24) is 9.97 Å². The highest BCUT2D eigenvalue weighted by Gasteiger charge is 2.11. The second-order valence-corrected chi connectivity index (χ2v) is 6.23. The van der Waals surface area contributed by atoms with Crippen LogP contribution < -0.4 is 5.73 Å². The molecule has 2 N–H and O–H groups in total. The van der Waals surface area contributed by atoms with E-state index < -0.39 is 0 Å². The lowest BCUT2D eigenvalue weighted by atomic mass is 10.2. The molecule has 0 aliphatic carbocycles. The number of anilines is 1. The third-order valence-corrected chi connectivity index (χ3v) is 4.28. The van der Waals surface area contributed by atoms with E-state index in [9.17, 15) is 4.39 Å². The third-order valence-electron chi connectivity index (χ3n) is 2.72. The Balaban J connectivity index is 2.21. The zero-order valence-electron chi connectivity index (χ0n) is 9.95. The van der Waals surface area contributed by atoms with Crippen LogP contribution in [-0.4, -0.2) is 9.97 Å². The molecule has 0 saturated heterocycles. The fourth-order valence-corrected chi connectivity index (χ4v) is 3.09. The molecular formula is C13H9BrFN3S. The highest BCUT2D eigenvalue weighted by atomic mass is 79.9. The lowest BCUT2D eigenvalue weighted by molar-refractivity contribution is 0.621. The van der Waals surface area contributed by atoms with Gasteiger partial charge in [-0.25, -0.2) is 14.4 Å². The summed E-state index contributed by atoms with van der Waals surface area (Å²) in [5.41, 5.74) is 6.67. The molecule has 2 aromatic heterocycles. The van der Waals surface area contributed by atoms with Gasteiger partial charge < -0.3 is 5.73 Å². The van der Waals surface area contributed by atoms with E-state index in [2.05, 4.69) is 25.9 Å². The number of fused-ring (bicyclic) bond motifs is 1. The summed E-state index contributed by atoms with van der Waals surface area (Å²) in [4.78, 5) is 10.7. The topological polar surface area (TPSA) is 51.8 Å². The van der Waals surface area contributed by atoms with Gasteiger partial charge in [-0.05, 0) is 47.1 Å². The zero-order chi connectivity index (χ0) is 13.6. The molecule has 19 heavy (non-hydrogen) atoms. The van der Waals surface area contributed by atoms with Crippen LogP contribution in [0.2, 0.25) is 0 Å². The fourth-order valence-electron chi connectivity index (χ4n) is 1.83. The van der Waals surface area contributed by atoms with Gasteiger partial charge in [-0.15, -0.1) is 11.3 Å². The predicted octanol–water partition coefficient (Wildman–Crippen LogP) is 4.15. The minimum atomic E-state index is -0.315. The molecule has 3 rings (SSSR count). The smallest absolute Gasteiger partial charge is 0.163 e. The van der Waals surface area contributed by atoms with Crippen molar-refractivity contribution < 1.29 is 4.39 Å². The average molecular weight is 338 g/mol. The number of hydrogen-bond acceptors (Lipinski definition) is 4. The van der Waals surface area contributed by atoms with Gasteiger partial charge in [0, 0.05) is 10.4 Å². The molecular weight excluding hydrogens is 329 g/mol. The van der Waals surface area contributed by atoms with Gasteiger partial charge in [-0.1, -0.05) is 0 Å². The lowest BCUT2D eigenvalue weighted by Gasteiger charge is -2.03. The quantitative estimate of drug-likeness (QED) is 0.725. The van der Waals surface area contributed by atoms with E-state index in [1.807, 2.05) is 13.0 Å². The fraction of sp³-hybridized carbons (Fsp3) is 0.0769. The third kappa shape index (κ3) is 2.21. The summed E-state index contributed by atoms with van der Waals surface area (Å²) in [6.45, 7) is 2.00. The minimum absolute atomic E-state index is 0.315. The van der Waals surface area contributed by atoms with Crippen LogP contribution in [-0.2, 0) is 0 Å². The standard InChI is InChI=1S/C13H9BrFN3S/c1-6-4-8-11(16)17-12(18-13(8)19-6)7-2-3-10(15)9(14)5-7/h2-5H,1H3,(H2,16,17,18). The molecule has 0 bridgehead atoms. The molecule has 2 heterocycles. The lowest BCUT2D eigenvalue weighted by Crippen LogP contribution is -1.96. The van der Waals surface area contributed by atoms with Crippen molar-refractivity contribution in [3.8, 4) is 11.4 Å². The number of thiophene rings is 1. The normalized spacial score (nSPS) is 11.1. The number of rotatable bonds is 1. The summed E-state index contributed by atoms with van der Waals surface area (Å²) in [5.74, 6) is 0.641. The first-order valence-corrected chi connectivity index (χ1v) is 7.14. The number of benzene rings is 1. The second-order valence-electron chi connectivity index (χ2n) is 4.14. The summed E-state index contributed by atoms with van der Waals surface area (Å²) < 4.78 is 13.6. The number of hydrogen-bond donors (Lipinski definition) is 1. The van der Waals surface area contributed by atoms with E-state index in [-0.39, 0.29) is 5.82 Å². The number of aryl methyl sites for hydroxylation is 1. The van der Waals surface area contributed by atoms with E-state index in [4.69, 9.17) is 5.73 Å². The number of aromatic nitrogens is 2. The van der Waals surface area contributed by atoms with E-state index in [0.29, 0.717) is 16.1 Å². The summed E-state index contributed by atoms with van der Waals surface area (Å²) in [6, 6.07) is 6.64. The Kier molecular flexibility index (Phi) is 2.99. The van der Waals surface area contributed by atoms with Gasteiger partial charge in [-0.3, -0.25) is 0 Å². The highest BCUT2D eigenvalue weighted by Crippen LogP contribution is 2.30. The van der Waals surface area contributed by atoms with Gasteiger partial charge in [0.1, 0.15) is 16.5 Å². The number of nitrogens with zero attached hydrogens (tertiary/aromatic N) is 2. The Labute approximate surface area is 121 Å². The Morgan fingerprint density at radius 1 is 1.26 bits per heavy atom. The molecule has 0 spiro atoms. The molecule has 96 valence electrons. The van der Waals surface area contributed by atoms with Crippen LogP contribution in [0.4, 0.5) is 10.2 Å². The number of nitrogen functional groups attached to an aromatic ring is 1. The van der Waals surface area contributed by atoms with Crippen LogP contribution in [0.15, 0.2) is 28.7 Å². The van der Waals surface area contributed by atoms with Gasteiger partial charge in [0.25, 0.3) is 0 Å². The van der Waals surface area contributed by atoms with Gasteiger partial charge in [0.2, 0.25) is 0 Å². The largest absolute Gasteiger partial charge is 0.383 e.